The van der Waals surface area contributed by atoms with Gasteiger partial charge in [-0.2, -0.15) is 0 Å². The van der Waals surface area contributed by atoms with Gasteiger partial charge in [0.1, 0.15) is 11.5 Å². The quantitative estimate of drug-likeness (QED) is 0.606. The highest BCUT2D eigenvalue weighted by atomic mass is 35.5. The lowest BCUT2D eigenvalue weighted by atomic mass is 10.2. The Bertz CT molecular complexity index is 933. The van der Waals surface area contributed by atoms with Gasteiger partial charge in [0.05, 0.1) is 10.0 Å². The molecule has 3 nitrogen and oxygen atoms in total. The Morgan fingerprint density at radius 3 is 2.57 bits per heavy atom. The van der Waals surface area contributed by atoms with E-state index in [1.54, 1.807) is 12.3 Å². The molecular weight excluding hydrogens is 329 g/mol. The van der Waals surface area contributed by atoms with Gasteiger partial charge in [-0.05, 0) is 50.1 Å². The zero-order valence-corrected chi connectivity index (χ0v) is 14.2. The van der Waals surface area contributed by atoms with Crippen molar-refractivity contribution in [1.82, 2.24) is 14.5 Å². The first-order chi connectivity index (χ1) is 11.0. The monoisotopic (exact) mass is 341 g/mol. The molecule has 2 aromatic heterocycles. The largest absolute Gasteiger partial charge is 0.303 e. The molecule has 0 fully saturated rings. The lowest BCUT2D eigenvalue weighted by molar-refractivity contribution is 0.975. The first kappa shape index (κ1) is 15.6. The summed E-state index contributed by atoms with van der Waals surface area (Å²) in [7, 11) is 0. The Balaban J connectivity index is 1.94. The van der Waals surface area contributed by atoms with E-state index in [0.29, 0.717) is 15.7 Å². The van der Waals surface area contributed by atoms with Gasteiger partial charge in [-0.3, -0.25) is 4.98 Å². The third-order valence-corrected chi connectivity index (χ3v) is 4.03. The van der Waals surface area contributed by atoms with Crippen LogP contribution in [0.5, 0.6) is 0 Å². The number of nitrogens with zero attached hydrogens (tertiary/aromatic N) is 3. The van der Waals surface area contributed by atoms with Gasteiger partial charge >= 0.3 is 0 Å². The summed E-state index contributed by atoms with van der Waals surface area (Å²) in [4.78, 5) is 8.63. The van der Waals surface area contributed by atoms with Gasteiger partial charge in [-0.15, -0.1) is 0 Å². The summed E-state index contributed by atoms with van der Waals surface area (Å²) < 4.78 is 1.93. The van der Waals surface area contributed by atoms with Crippen molar-refractivity contribution in [3.8, 4) is 17.5 Å². The SMILES string of the molecule is Cc1cc(C#Cc2cn(-c3ccc(Cl)c(Cl)c3)c(C)n2)ccn1. The van der Waals surface area contributed by atoms with Crippen LogP contribution in [0.3, 0.4) is 0 Å². The van der Waals surface area contributed by atoms with Crippen molar-refractivity contribution >= 4 is 23.2 Å². The van der Waals surface area contributed by atoms with Gasteiger partial charge in [-0.1, -0.05) is 29.1 Å². The van der Waals surface area contributed by atoms with Gasteiger partial charge in [0, 0.05) is 29.3 Å². The molecule has 0 unspecified atom stereocenters. The predicted molar refractivity (Wildman–Crippen MR) is 93.3 cm³/mol. The minimum absolute atomic E-state index is 0.511. The van der Waals surface area contributed by atoms with Crippen LogP contribution in [0.4, 0.5) is 0 Å². The van der Waals surface area contributed by atoms with Gasteiger partial charge in [-0.25, -0.2) is 4.98 Å². The molecule has 0 aliphatic heterocycles. The number of hydrogen-bond donors (Lipinski definition) is 0. The minimum atomic E-state index is 0.511. The molecule has 0 saturated carbocycles. The third-order valence-electron chi connectivity index (χ3n) is 3.30. The summed E-state index contributed by atoms with van der Waals surface area (Å²) in [6.07, 6.45) is 3.63. The van der Waals surface area contributed by atoms with Crippen LogP contribution in [0.1, 0.15) is 22.8 Å². The average molecular weight is 342 g/mol. The van der Waals surface area contributed by atoms with E-state index in [0.717, 1.165) is 22.8 Å². The minimum Gasteiger partial charge on any atom is -0.303 e. The zero-order valence-electron chi connectivity index (χ0n) is 12.6. The predicted octanol–water partition coefficient (Wildman–Crippen LogP) is 4.59. The summed E-state index contributed by atoms with van der Waals surface area (Å²) in [5.74, 6) is 7.01. The molecule has 114 valence electrons. The summed E-state index contributed by atoms with van der Waals surface area (Å²) in [6.45, 7) is 3.86. The molecule has 5 heteroatoms. The normalized spacial score (nSPS) is 10.3. The van der Waals surface area contributed by atoms with Crippen molar-refractivity contribution < 1.29 is 0 Å². The van der Waals surface area contributed by atoms with Crippen molar-refractivity contribution in [3.63, 3.8) is 0 Å². The fourth-order valence-corrected chi connectivity index (χ4v) is 2.48. The number of aryl methyl sites for hydroxylation is 2. The number of halogens is 2. The van der Waals surface area contributed by atoms with Crippen molar-refractivity contribution in [2.45, 2.75) is 13.8 Å². The lowest BCUT2D eigenvalue weighted by Crippen LogP contribution is -1.94. The maximum absolute atomic E-state index is 6.08. The topological polar surface area (TPSA) is 30.7 Å². The second-order valence-corrected chi connectivity index (χ2v) is 5.89. The van der Waals surface area contributed by atoms with Crippen LogP contribution in [0, 0.1) is 25.7 Å². The van der Waals surface area contributed by atoms with E-state index in [1.165, 1.54) is 0 Å². The number of imidazole rings is 1. The van der Waals surface area contributed by atoms with Gasteiger partial charge in [0.25, 0.3) is 0 Å². The molecule has 1 aromatic carbocycles. The van der Waals surface area contributed by atoms with Crippen LogP contribution in [0.2, 0.25) is 10.0 Å². The Morgan fingerprint density at radius 2 is 1.83 bits per heavy atom. The van der Waals surface area contributed by atoms with Crippen LogP contribution in [-0.2, 0) is 0 Å². The molecule has 3 rings (SSSR count). The highest BCUT2D eigenvalue weighted by molar-refractivity contribution is 6.42. The second kappa shape index (κ2) is 6.45. The number of hydrogen-bond acceptors (Lipinski definition) is 2. The van der Waals surface area contributed by atoms with Gasteiger partial charge in [0.2, 0.25) is 0 Å². The average Bonchev–Trinajstić information content (AvgIpc) is 2.89. The fraction of sp³-hybridized carbons (Fsp3) is 0.111. The molecule has 2 heterocycles. The Labute approximate surface area is 144 Å². The molecule has 0 aliphatic rings. The van der Waals surface area contributed by atoms with E-state index in [9.17, 15) is 0 Å². The Kier molecular flexibility index (Phi) is 4.38. The molecule has 0 amide bonds. The van der Waals surface area contributed by atoms with Crippen molar-refractivity contribution in [2.24, 2.45) is 0 Å². The van der Waals surface area contributed by atoms with Crippen LogP contribution >= 0.6 is 23.2 Å². The van der Waals surface area contributed by atoms with Crippen LogP contribution in [0.25, 0.3) is 5.69 Å². The third kappa shape index (κ3) is 3.56. The fourth-order valence-electron chi connectivity index (χ4n) is 2.19. The summed E-state index contributed by atoms with van der Waals surface area (Å²) >= 11 is 12.0. The zero-order chi connectivity index (χ0) is 16.4. The van der Waals surface area contributed by atoms with E-state index in [2.05, 4.69) is 21.8 Å². The standard InChI is InChI=1S/C18H13Cl2N3/c1-12-9-14(7-8-21-12)3-4-15-11-23(13(2)22-15)16-5-6-17(19)18(20)10-16/h5-11H,1-2H3. The number of benzene rings is 1. The van der Waals surface area contributed by atoms with E-state index < -0.39 is 0 Å². The van der Waals surface area contributed by atoms with E-state index in [1.807, 2.05) is 48.9 Å². The molecule has 0 saturated heterocycles. The summed E-state index contributed by atoms with van der Waals surface area (Å²) in [5.41, 5.74) is 3.45. The molecule has 0 N–H and O–H groups in total. The van der Waals surface area contributed by atoms with E-state index in [-0.39, 0.29) is 0 Å². The molecular formula is C18H13Cl2N3. The van der Waals surface area contributed by atoms with Gasteiger partial charge in [0.15, 0.2) is 0 Å². The molecule has 23 heavy (non-hydrogen) atoms. The molecule has 0 spiro atoms. The van der Waals surface area contributed by atoms with Crippen molar-refractivity contribution in [3.05, 3.63) is 75.5 Å². The molecule has 0 radical (unpaired) electrons. The number of rotatable bonds is 1. The van der Waals surface area contributed by atoms with Gasteiger partial charge < -0.3 is 4.57 Å². The Morgan fingerprint density at radius 1 is 1.00 bits per heavy atom. The van der Waals surface area contributed by atoms with E-state index in [4.69, 9.17) is 23.2 Å². The van der Waals surface area contributed by atoms with Crippen LogP contribution in [-0.4, -0.2) is 14.5 Å². The molecule has 0 atom stereocenters. The molecule has 3 aromatic rings. The lowest BCUT2D eigenvalue weighted by Gasteiger charge is -2.05. The van der Waals surface area contributed by atoms with E-state index >= 15 is 0 Å². The highest BCUT2D eigenvalue weighted by Gasteiger charge is 2.06. The maximum Gasteiger partial charge on any atom is 0.132 e. The van der Waals surface area contributed by atoms with Crippen molar-refractivity contribution in [2.75, 3.05) is 0 Å². The smallest absolute Gasteiger partial charge is 0.132 e. The van der Waals surface area contributed by atoms with Crippen molar-refractivity contribution in [1.29, 1.82) is 0 Å². The molecule has 0 bridgehead atoms. The van der Waals surface area contributed by atoms with Crippen LogP contribution in [0.15, 0.2) is 42.7 Å². The first-order valence-corrected chi connectivity index (χ1v) is 7.74. The second-order valence-electron chi connectivity index (χ2n) is 5.08. The summed E-state index contributed by atoms with van der Waals surface area (Å²) in [5, 5.41) is 1.04. The number of aromatic nitrogens is 3. The highest BCUT2D eigenvalue weighted by Crippen LogP contribution is 2.25. The first-order valence-electron chi connectivity index (χ1n) is 6.99. The van der Waals surface area contributed by atoms with Crippen LogP contribution < -0.4 is 0 Å². The maximum atomic E-state index is 6.08. The number of pyridine rings is 1. The molecule has 0 aliphatic carbocycles. The summed E-state index contributed by atoms with van der Waals surface area (Å²) in [6, 6.07) is 9.29. The Hall–Kier alpha value is -2.28.